The van der Waals surface area contributed by atoms with E-state index in [-0.39, 0.29) is 12.5 Å². The topological polar surface area (TPSA) is 101 Å². The molecular weight excluding hydrogens is 428 g/mol. The van der Waals surface area contributed by atoms with E-state index in [1.54, 1.807) is 6.21 Å². The fourth-order valence-corrected chi connectivity index (χ4v) is 3.57. The van der Waals surface area contributed by atoms with Crippen LogP contribution in [0.2, 0.25) is 0 Å². The minimum absolute atomic E-state index is 0.0766. The number of benzene rings is 3. The van der Waals surface area contributed by atoms with Gasteiger partial charge in [-0.15, -0.1) is 10.2 Å². The van der Waals surface area contributed by atoms with Crippen LogP contribution in [0.1, 0.15) is 17.5 Å². The molecule has 0 unspecified atom stereocenters. The molecule has 3 aromatic carbocycles. The van der Waals surface area contributed by atoms with Crippen molar-refractivity contribution < 1.29 is 4.79 Å². The van der Waals surface area contributed by atoms with E-state index in [1.165, 1.54) is 4.80 Å². The highest BCUT2D eigenvalue weighted by Crippen LogP contribution is 2.22. The lowest BCUT2D eigenvalue weighted by Gasteiger charge is -2.13. The molecule has 9 nitrogen and oxygen atoms in total. The molecule has 1 N–H and O–H groups in total. The van der Waals surface area contributed by atoms with Gasteiger partial charge in [0.25, 0.3) is 5.91 Å². The SMILES string of the molecule is O=C(Cn1nnc(-c2ccccc2)n1)N/N=C\c1ccc(N2CCC(c3ccccc3)=N2)cc1. The number of nitrogens with one attached hydrogen (secondary N) is 1. The van der Waals surface area contributed by atoms with Crippen LogP contribution >= 0.6 is 0 Å². The number of tetrazole rings is 1. The normalized spacial score (nSPS) is 13.3. The van der Waals surface area contributed by atoms with Crippen molar-refractivity contribution in [2.45, 2.75) is 13.0 Å². The van der Waals surface area contributed by atoms with E-state index in [0.29, 0.717) is 5.82 Å². The number of nitrogens with zero attached hydrogens (tertiary/aromatic N) is 7. The van der Waals surface area contributed by atoms with Crippen molar-refractivity contribution in [3.05, 3.63) is 96.1 Å². The molecule has 9 heteroatoms. The van der Waals surface area contributed by atoms with Crippen molar-refractivity contribution in [3.63, 3.8) is 0 Å². The van der Waals surface area contributed by atoms with Crippen molar-refractivity contribution in [3.8, 4) is 11.4 Å². The van der Waals surface area contributed by atoms with E-state index >= 15 is 0 Å². The van der Waals surface area contributed by atoms with Gasteiger partial charge in [0.15, 0.2) is 0 Å². The molecule has 0 radical (unpaired) electrons. The molecule has 0 aliphatic carbocycles. The predicted molar refractivity (Wildman–Crippen MR) is 130 cm³/mol. The number of carbonyl (C=O) groups excluding carboxylic acids is 1. The second-order valence-corrected chi connectivity index (χ2v) is 7.68. The Morgan fingerprint density at radius 2 is 1.65 bits per heavy atom. The first-order valence-electron chi connectivity index (χ1n) is 10.9. The number of hydrogen-bond donors (Lipinski definition) is 1. The Balaban J connectivity index is 1.14. The zero-order chi connectivity index (χ0) is 23.2. The van der Waals surface area contributed by atoms with Crippen LogP contribution in [-0.2, 0) is 11.3 Å². The maximum Gasteiger partial charge on any atom is 0.263 e. The molecule has 0 atom stereocenters. The molecule has 2 heterocycles. The Bertz CT molecular complexity index is 1310. The zero-order valence-electron chi connectivity index (χ0n) is 18.3. The van der Waals surface area contributed by atoms with E-state index in [1.807, 2.05) is 77.8 Å². The Hall–Kier alpha value is -4.66. The quantitative estimate of drug-likeness (QED) is 0.344. The molecule has 1 amide bonds. The van der Waals surface area contributed by atoms with Gasteiger partial charge in [-0.2, -0.15) is 15.0 Å². The zero-order valence-corrected chi connectivity index (χ0v) is 18.3. The molecule has 1 aliphatic heterocycles. The summed E-state index contributed by atoms with van der Waals surface area (Å²) < 4.78 is 0. The average molecular weight is 451 g/mol. The third-order valence-electron chi connectivity index (χ3n) is 5.27. The van der Waals surface area contributed by atoms with Crippen LogP contribution in [-0.4, -0.2) is 44.6 Å². The molecule has 0 bridgehead atoms. The van der Waals surface area contributed by atoms with Gasteiger partial charge in [-0.3, -0.25) is 9.80 Å². The molecule has 0 saturated carbocycles. The van der Waals surface area contributed by atoms with Crippen molar-refractivity contribution >= 4 is 23.5 Å². The van der Waals surface area contributed by atoms with E-state index < -0.39 is 0 Å². The molecule has 0 saturated heterocycles. The number of hydrogen-bond acceptors (Lipinski definition) is 7. The van der Waals surface area contributed by atoms with E-state index in [2.05, 4.69) is 38.1 Å². The summed E-state index contributed by atoms with van der Waals surface area (Å²) in [5.41, 5.74) is 7.45. The maximum atomic E-state index is 12.1. The molecule has 168 valence electrons. The van der Waals surface area contributed by atoms with Gasteiger partial charge in [-0.25, -0.2) is 5.43 Å². The number of anilines is 1. The van der Waals surface area contributed by atoms with Gasteiger partial charge in [-0.05, 0) is 28.5 Å². The summed E-state index contributed by atoms with van der Waals surface area (Å²) in [5, 5.41) is 22.9. The van der Waals surface area contributed by atoms with Crippen LogP contribution in [0.4, 0.5) is 5.69 Å². The monoisotopic (exact) mass is 450 g/mol. The first-order valence-corrected chi connectivity index (χ1v) is 10.9. The predicted octanol–water partition coefficient (Wildman–Crippen LogP) is 3.10. The van der Waals surface area contributed by atoms with Gasteiger partial charge in [0.2, 0.25) is 5.82 Å². The third-order valence-corrected chi connectivity index (χ3v) is 5.27. The van der Waals surface area contributed by atoms with Crippen molar-refractivity contribution in [1.82, 2.24) is 25.6 Å². The largest absolute Gasteiger partial charge is 0.271 e. The molecular formula is C25H22N8O. The summed E-state index contributed by atoms with van der Waals surface area (Å²) in [6.07, 6.45) is 2.50. The Morgan fingerprint density at radius 1 is 0.941 bits per heavy atom. The summed E-state index contributed by atoms with van der Waals surface area (Å²) in [4.78, 5) is 13.4. The molecule has 34 heavy (non-hydrogen) atoms. The van der Waals surface area contributed by atoms with E-state index in [4.69, 9.17) is 5.10 Å². The first kappa shape index (κ1) is 21.2. The number of amides is 1. The Kier molecular flexibility index (Phi) is 6.15. The highest BCUT2D eigenvalue weighted by atomic mass is 16.2. The second kappa shape index (κ2) is 9.86. The Labute approximate surface area is 196 Å². The number of rotatable bonds is 7. The van der Waals surface area contributed by atoms with Crippen LogP contribution in [0.15, 0.2) is 95.1 Å². The van der Waals surface area contributed by atoms with Crippen LogP contribution in [0.5, 0.6) is 0 Å². The van der Waals surface area contributed by atoms with Gasteiger partial charge >= 0.3 is 0 Å². The summed E-state index contributed by atoms with van der Waals surface area (Å²) in [7, 11) is 0. The maximum absolute atomic E-state index is 12.1. The molecule has 1 aromatic heterocycles. The van der Waals surface area contributed by atoms with Gasteiger partial charge in [0.1, 0.15) is 6.54 Å². The highest BCUT2D eigenvalue weighted by molar-refractivity contribution is 6.02. The first-order chi connectivity index (χ1) is 16.7. The lowest BCUT2D eigenvalue weighted by Crippen LogP contribution is -2.24. The lowest BCUT2D eigenvalue weighted by atomic mass is 10.1. The smallest absolute Gasteiger partial charge is 0.263 e. The van der Waals surface area contributed by atoms with E-state index in [9.17, 15) is 4.79 Å². The van der Waals surface area contributed by atoms with Crippen LogP contribution in [0.25, 0.3) is 11.4 Å². The van der Waals surface area contributed by atoms with Gasteiger partial charge < -0.3 is 0 Å². The molecule has 0 spiro atoms. The van der Waals surface area contributed by atoms with Crippen LogP contribution in [0, 0.1) is 0 Å². The van der Waals surface area contributed by atoms with Gasteiger partial charge in [-0.1, -0.05) is 72.8 Å². The minimum atomic E-state index is -0.343. The average Bonchev–Trinajstić information content (AvgIpc) is 3.56. The third kappa shape index (κ3) is 5.04. The van der Waals surface area contributed by atoms with Crippen LogP contribution < -0.4 is 10.4 Å². The summed E-state index contributed by atoms with van der Waals surface area (Å²) in [6, 6.07) is 27.5. The number of hydrazone groups is 2. The Morgan fingerprint density at radius 3 is 2.38 bits per heavy atom. The van der Waals surface area contributed by atoms with E-state index in [0.717, 1.165) is 41.1 Å². The fraction of sp³-hybridized carbons (Fsp3) is 0.120. The van der Waals surface area contributed by atoms with Crippen molar-refractivity contribution in [1.29, 1.82) is 0 Å². The summed E-state index contributed by atoms with van der Waals surface area (Å²) >= 11 is 0. The molecule has 5 rings (SSSR count). The minimum Gasteiger partial charge on any atom is -0.271 e. The fourth-order valence-electron chi connectivity index (χ4n) is 3.57. The molecule has 0 fully saturated rings. The van der Waals surface area contributed by atoms with Crippen molar-refractivity contribution in [2.75, 3.05) is 11.6 Å². The second-order valence-electron chi connectivity index (χ2n) is 7.68. The summed E-state index contributed by atoms with van der Waals surface area (Å²) in [6.45, 7) is 0.767. The van der Waals surface area contributed by atoms with Crippen molar-refractivity contribution in [2.24, 2.45) is 10.2 Å². The standard InChI is InChI=1S/C25H22N8O/c34-24(18-33-30-25(28-31-33)21-9-5-2-6-10-21)27-26-17-19-11-13-22(14-12-19)32-16-15-23(29-32)20-7-3-1-4-8-20/h1-14,17H,15-16,18H2,(H,27,34)/b26-17-. The van der Waals surface area contributed by atoms with Gasteiger partial charge in [0.05, 0.1) is 17.6 Å². The molecule has 4 aromatic rings. The lowest BCUT2D eigenvalue weighted by molar-refractivity contribution is -0.122. The molecule has 1 aliphatic rings. The summed E-state index contributed by atoms with van der Waals surface area (Å²) in [5.74, 6) is 0.125. The van der Waals surface area contributed by atoms with Crippen LogP contribution in [0.3, 0.4) is 0 Å². The van der Waals surface area contributed by atoms with Gasteiger partial charge in [0, 0.05) is 18.5 Å². The number of carbonyl (C=O) groups is 1. The number of aromatic nitrogens is 4. The highest BCUT2D eigenvalue weighted by Gasteiger charge is 2.17.